The van der Waals surface area contributed by atoms with Gasteiger partial charge in [0, 0.05) is 0 Å². The van der Waals surface area contributed by atoms with E-state index in [1.807, 2.05) is 0 Å². The molecule has 1 saturated heterocycles. The Morgan fingerprint density at radius 3 is 2.64 bits per heavy atom. The highest BCUT2D eigenvalue weighted by atomic mass is 32.2. The smallest absolute Gasteiger partial charge is 0.150 e. The van der Waals surface area contributed by atoms with Crippen LogP contribution < -0.4 is 0 Å². The Balaban J connectivity index is 2.67. The maximum Gasteiger partial charge on any atom is 0.150 e. The number of sulfone groups is 1. The summed E-state index contributed by atoms with van der Waals surface area (Å²) in [5, 5.41) is 0. The molecule has 3 atom stereocenters. The minimum absolute atomic E-state index is 0.349. The van der Waals surface area contributed by atoms with Gasteiger partial charge < -0.3 is 0 Å². The lowest BCUT2D eigenvalue weighted by molar-refractivity contribution is 0.292. The topological polar surface area (TPSA) is 34.1 Å². The van der Waals surface area contributed by atoms with E-state index in [1.54, 1.807) is 0 Å². The van der Waals surface area contributed by atoms with Crippen molar-refractivity contribution in [3.05, 3.63) is 0 Å². The summed E-state index contributed by atoms with van der Waals surface area (Å²) < 4.78 is 23.1. The van der Waals surface area contributed by atoms with Crippen LogP contribution >= 0.6 is 0 Å². The van der Waals surface area contributed by atoms with Gasteiger partial charge in [-0.3, -0.25) is 0 Å². The van der Waals surface area contributed by atoms with Crippen LogP contribution in [0.2, 0.25) is 0 Å². The molecular formula is C11H22O2S. The summed E-state index contributed by atoms with van der Waals surface area (Å²) in [6.07, 6.45) is 3.13. The van der Waals surface area contributed by atoms with E-state index < -0.39 is 9.84 Å². The molecule has 1 heterocycles. The first kappa shape index (κ1) is 12.0. The highest BCUT2D eigenvalue weighted by Gasteiger charge is 2.27. The second kappa shape index (κ2) is 4.65. The summed E-state index contributed by atoms with van der Waals surface area (Å²) in [4.78, 5) is 0. The van der Waals surface area contributed by atoms with Crippen LogP contribution in [-0.4, -0.2) is 19.9 Å². The first-order valence-electron chi connectivity index (χ1n) is 5.65. The Morgan fingerprint density at radius 1 is 1.43 bits per heavy atom. The average Bonchev–Trinajstić information content (AvgIpc) is 2.22. The average molecular weight is 218 g/mol. The largest absolute Gasteiger partial charge is 0.229 e. The van der Waals surface area contributed by atoms with E-state index >= 15 is 0 Å². The van der Waals surface area contributed by atoms with Gasteiger partial charge in [0.2, 0.25) is 0 Å². The van der Waals surface area contributed by atoms with Crippen molar-refractivity contribution in [3.8, 4) is 0 Å². The molecule has 1 rings (SSSR count). The standard InChI is InChI=1S/C11H22O2S/c1-4-10(3)11-5-6-14(12,13)8-9(2)7-11/h9-11H,4-8H2,1-3H3. The van der Waals surface area contributed by atoms with Crippen LogP contribution in [0.1, 0.15) is 40.0 Å². The molecule has 0 aromatic heterocycles. The number of rotatable bonds is 2. The van der Waals surface area contributed by atoms with Gasteiger partial charge in [-0.15, -0.1) is 0 Å². The molecule has 84 valence electrons. The van der Waals surface area contributed by atoms with Gasteiger partial charge in [0.15, 0.2) is 9.84 Å². The van der Waals surface area contributed by atoms with Gasteiger partial charge in [-0.05, 0) is 30.6 Å². The minimum Gasteiger partial charge on any atom is -0.229 e. The van der Waals surface area contributed by atoms with Crippen LogP contribution in [0.15, 0.2) is 0 Å². The van der Waals surface area contributed by atoms with E-state index in [2.05, 4.69) is 20.8 Å². The second-order valence-corrected chi connectivity index (χ2v) is 7.12. The zero-order valence-electron chi connectivity index (χ0n) is 9.49. The molecule has 0 amide bonds. The first-order valence-corrected chi connectivity index (χ1v) is 7.47. The molecule has 0 radical (unpaired) electrons. The zero-order valence-corrected chi connectivity index (χ0v) is 10.3. The quantitative estimate of drug-likeness (QED) is 0.713. The predicted molar refractivity (Wildman–Crippen MR) is 60.0 cm³/mol. The lowest BCUT2D eigenvalue weighted by Crippen LogP contribution is -2.13. The van der Waals surface area contributed by atoms with Crippen LogP contribution in [-0.2, 0) is 9.84 Å². The monoisotopic (exact) mass is 218 g/mol. The predicted octanol–water partition coefficient (Wildman–Crippen LogP) is 2.49. The van der Waals surface area contributed by atoms with Crippen molar-refractivity contribution in [1.82, 2.24) is 0 Å². The molecule has 2 nitrogen and oxygen atoms in total. The van der Waals surface area contributed by atoms with E-state index in [1.165, 1.54) is 0 Å². The fourth-order valence-electron chi connectivity index (χ4n) is 2.40. The van der Waals surface area contributed by atoms with Crippen molar-refractivity contribution >= 4 is 9.84 Å². The lowest BCUT2D eigenvalue weighted by Gasteiger charge is -2.22. The van der Waals surface area contributed by atoms with Crippen LogP contribution in [0.5, 0.6) is 0 Å². The van der Waals surface area contributed by atoms with E-state index in [0.717, 1.165) is 19.3 Å². The Hall–Kier alpha value is -0.0500. The summed E-state index contributed by atoms with van der Waals surface area (Å²) in [5.41, 5.74) is 0. The Labute approximate surface area is 88.0 Å². The van der Waals surface area contributed by atoms with E-state index in [-0.39, 0.29) is 0 Å². The molecule has 0 aliphatic carbocycles. The fraction of sp³-hybridized carbons (Fsp3) is 1.00. The highest BCUT2D eigenvalue weighted by Crippen LogP contribution is 2.30. The van der Waals surface area contributed by atoms with Gasteiger partial charge in [-0.1, -0.05) is 27.2 Å². The third-order valence-corrected chi connectivity index (χ3v) is 5.43. The summed E-state index contributed by atoms with van der Waals surface area (Å²) in [6, 6.07) is 0. The molecule has 0 spiro atoms. The number of hydrogen-bond donors (Lipinski definition) is 0. The van der Waals surface area contributed by atoms with Crippen LogP contribution in [0.4, 0.5) is 0 Å². The molecule has 3 heteroatoms. The molecule has 0 aromatic carbocycles. The van der Waals surface area contributed by atoms with Gasteiger partial charge in [0.1, 0.15) is 0 Å². The van der Waals surface area contributed by atoms with Crippen molar-refractivity contribution in [2.75, 3.05) is 11.5 Å². The molecule has 1 aliphatic rings. The van der Waals surface area contributed by atoms with Crippen LogP contribution in [0, 0.1) is 17.8 Å². The van der Waals surface area contributed by atoms with Gasteiger partial charge in [-0.2, -0.15) is 0 Å². The zero-order chi connectivity index (χ0) is 10.8. The third kappa shape index (κ3) is 3.26. The van der Waals surface area contributed by atoms with Gasteiger partial charge in [-0.25, -0.2) is 8.42 Å². The summed E-state index contributed by atoms with van der Waals surface area (Å²) in [5.74, 6) is 2.45. The van der Waals surface area contributed by atoms with Crippen LogP contribution in [0.25, 0.3) is 0 Å². The Morgan fingerprint density at radius 2 is 2.07 bits per heavy atom. The van der Waals surface area contributed by atoms with E-state index in [4.69, 9.17) is 0 Å². The molecule has 1 fully saturated rings. The second-order valence-electron chi connectivity index (χ2n) is 4.89. The molecule has 14 heavy (non-hydrogen) atoms. The van der Waals surface area contributed by atoms with Crippen molar-refractivity contribution in [3.63, 3.8) is 0 Å². The normalized spacial score (nSPS) is 34.8. The van der Waals surface area contributed by atoms with E-state index in [9.17, 15) is 8.42 Å². The van der Waals surface area contributed by atoms with Crippen molar-refractivity contribution < 1.29 is 8.42 Å². The Kier molecular flexibility index (Phi) is 3.99. The van der Waals surface area contributed by atoms with Gasteiger partial charge in [0.05, 0.1) is 11.5 Å². The van der Waals surface area contributed by atoms with Gasteiger partial charge >= 0.3 is 0 Å². The Bertz CT molecular complexity index is 269. The van der Waals surface area contributed by atoms with Crippen molar-refractivity contribution in [1.29, 1.82) is 0 Å². The molecule has 0 saturated carbocycles. The maximum absolute atomic E-state index is 11.5. The van der Waals surface area contributed by atoms with Gasteiger partial charge in [0.25, 0.3) is 0 Å². The molecular weight excluding hydrogens is 196 g/mol. The minimum atomic E-state index is -2.74. The molecule has 1 aliphatic heterocycles. The maximum atomic E-state index is 11.5. The summed E-state index contributed by atoms with van der Waals surface area (Å²) in [7, 11) is -2.74. The van der Waals surface area contributed by atoms with Crippen molar-refractivity contribution in [2.24, 2.45) is 17.8 Å². The molecule has 0 aromatic rings. The first-order chi connectivity index (χ1) is 6.44. The van der Waals surface area contributed by atoms with Crippen molar-refractivity contribution in [2.45, 2.75) is 40.0 Å². The molecule has 0 bridgehead atoms. The lowest BCUT2D eigenvalue weighted by atomic mass is 9.83. The highest BCUT2D eigenvalue weighted by molar-refractivity contribution is 7.91. The number of hydrogen-bond acceptors (Lipinski definition) is 2. The third-order valence-electron chi connectivity index (χ3n) is 3.49. The fourth-order valence-corrected chi connectivity index (χ4v) is 4.23. The van der Waals surface area contributed by atoms with E-state index in [0.29, 0.717) is 29.3 Å². The summed E-state index contributed by atoms with van der Waals surface area (Å²) in [6.45, 7) is 6.50. The van der Waals surface area contributed by atoms with Crippen LogP contribution in [0.3, 0.4) is 0 Å². The SMILES string of the molecule is CCC(C)C1CCS(=O)(=O)CC(C)C1. The molecule has 3 unspecified atom stereocenters. The summed E-state index contributed by atoms with van der Waals surface area (Å²) >= 11 is 0. The molecule has 0 N–H and O–H groups in total.